The number of benzene rings is 1. The Morgan fingerprint density at radius 1 is 1.21 bits per heavy atom. The van der Waals surface area contributed by atoms with Crippen molar-refractivity contribution in [3.63, 3.8) is 0 Å². The Balaban J connectivity index is 1.71. The third-order valence-corrected chi connectivity index (χ3v) is 4.53. The largest absolute Gasteiger partial charge is 0.356 e. The van der Waals surface area contributed by atoms with E-state index < -0.39 is 0 Å². The van der Waals surface area contributed by atoms with Crippen molar-refractivity contribution in [3.05, 3.63) is 47.3 Å². The summed E-state index contributed by atoms with van der Waals surface area (Å²) in [4.78, 5) is 5.55. The van der Waals surface area contributed by atoms with Gasteiger partial charge in [-0.2, -0.15) is 5.10 Å². The molecule has 0 bridgehead atoms. The maximum absolute atomic E-state index is 4.48. The van der Waals surface area contributed by atoms with Gasteiger partial charge in [-0.15, -0.1) is 11.8 Å². The number of rotatable bonds is 7. The topological polar surface area (TPSA) is 54.2 Å². The number of hydrogen-bond acceptors (Lipinski definition) is 3. The molecule has 0 fully saturated rings. The molecule has 0 saturated carbocycles. The zero-order valence-electron chi connectivity index (χ0n) is 15.0. The van der Waals surface area contributed by atoms with E-state index in [1.807, 2.05) is 6.92 Å². The summed E-state index contributed by atoms with van der Waals surface area (Å²) in [6.07, 6.45) is 3.09. The number of nitrogens with one attached hydrogen (secondary N) is 2. The third kappa shape index (κ3) is 5.60. The van der Waals surface area contributed by atoms with E-state index in [0.717, 1.165) is 37.7 Å². The van der Waals surface area contributed by atoms with Crippen molar-refractivity contribution in [3.8, 4) is 0 Å². The second-order valence-electron chi connectivity index (χ2n) is 5.70. The zero-order valence-corrected chi connectivity index (χ0v) is 15.8. The first-order valence-electron chi connectivity index (χ1n) is 8.21. The van der Waals surface area contributed by atoms with Gasteiger partial charge < -0.3 is 10.6 Å². The standard InChI is InChI=1S/C18H27N5S/c1-14-12-15(2)23(22-14)11-5-10-20-18(19-3)21-13-16-6-8-17(24-4)9-7-16/h6-9,12H,5,10-11,13H2,1-4H3,(H2,19,20,21). The molecule has 0 atom stereocenters. The molecule has 0 aliphatic heterocycles. The summed E-state index contributed by atoms with van der Waals surface area (Å²) in [5, 5.41) is 11.2. The van der Waals surface area contributed by atoms with Crippen LogP contribution in [0, 0.1) is 13.8 Å². The second-order valence-corrected chi connectivity index (χ2v) is 6.58. The number of thioether (sulfide) groups is 1. The summed E-state index contributed by atoms with van der Waals surface area (Å²) in [6.45, 7) is 6.67. The summed E-state index contributed by atoms with van der Waals surface area (Å²) in [7, 11) is 1.80. The maximum atomic E-state index is 4.48. The van der Waals surface area contributed by atoms with E-state index in [0.29, 0.717) is 0 Å². The fraction of sp³-hybridized carbons (Fsp3) is 0.444. The molecule has 1 aromatic carbocycles. The van der Waals surface area contributed by atoms with Gasteiger partial charge >= 0.3 is 0 Å². The molecule has 0 saturated heterocycles. The average Bonchev–Trinajstić information content (AvgIpc) is 2.92. The lowest BCUT2D eigenvalue weighted by Crippen LogP contribution is -2.37. The highest BCUT2D eigenvalue weighted by molar-refractivity contribution is 7.98. The molecule has 0 spiro atoms. The lowest BCUT2D eigenvalue weighted by Gasteiger charge is -2.12. The SMILES string of the molecule is CN=C(NCCCn1nc(C)cc1C)NCc1ccc(SC)cc1. The minimum atomic E-state index is 0.770. The van der Waals surface area contributed by atoms with Gasteiger partial charge in [-0.3, -0.25) is 9.67 Å². The molecule has 130 valence electrons. The molecule has 5 nitrogen and oxygen atoms in total. The monoisotopic (exact) mass is 345 g/mol. The number of hydrogen-bond donors (Lipinski definition) is 2. The number of aliphatic imine (C=N–C) groups is 1. The number of nitrogens with zero attached hydrogens (tertiary/aromatic N) is 3. The molecule has 0 aliphatic carbocycles. The molecular weight excluding hydrogens is 318 g/mol. The van der Waals surface area contributed by atoms with Gasteiger partial charge in [0, 0.05) is 37.3 Å². The molecule has 0 amide bonds. The molecule has 24 heavy (non-hydrogen) atoms. The molecular formula is C18H27N5S. The van der Waals surface area contributed by atoms with Gasteiger partial charge in [0.25, 0.3) is 0 Å². The summed E-state index contributed by atoms with van der Waals surface area (Å²) in [5.74, 6) is 0.831. The average molecular weight is 346 g/mol. The van der Waals surface area contributed by atoms with E-state index >= 15 is 0 Å². The fourth-order valence-electron chi connectivity index (χ4n) is 2.49. The van der Waals surface area contributed by atoms with Crippen LogP contribution in [0.2, 0.25) is 0 Å². The molecule has 0 aliphatic rings. The van der Waals surface area contributed by atoms with Crippen molar-refractivity contribution in [1.29, 1.82) is 0 Å². The lowest BCUT2D eigenvalue weighted by atomic mass is 10.2. The van der Waals surface area contributed by atoms with Crippen molar-refractivity contribution in [2.75, 3.05) is 19.8 Å². The molecule has 0 radical (unpaired) electrons. The first-order valence-corrected chi connectivity index (χ1v) is 9.43. The molecule has 6 heteroatoms. The zero-order chi connectivity index (χ0) is 17.4. The predicted molar refractivity (Wildman–Crippen MR) is 103 cm³/mol. The third-order valence-electron chi connectivity index (χ3n) is 3.79. The smallest absolute Gasteiger partial charge is 0.191 e. The summed E-state index contributed by atoms with van der Waals surface area (Å²) in [6, 6.07) is 10.7. The van der Waals surface area contributed by atoms with Gasteiger partial charge in [-0.25, -0.2) is 0 Å². The highest BCUT2D eigenvalue weighted by Gasteiger charge is 2.02. The molecule has 1 heterocycles. The minimum absolute atomic E-state index is 0.770. The van der Waals surface area contributed by atoms with Crippen LogP contribution in [0.15, 0.2) is 40.2 Å². The molecule has 2 rings (SSSR count). The summed E-state index contributed by atoms with van der Waals surface area (Å²) < 4.78 is 2.06. The molecule has 0 unspecified atom stereocenters. The first kappa shape index (κ1) is 18.4. The van der Waals surface area contributed by atoms with Crippen LogP contribution >= 0.6 is 11.8 Å². The second kappa shape index (κ2) is 9.37. The maximum Gasteiger partial charge on any atom is 0.191 e. The minimum Gasteiger partial charge on any atom is -0.356 e. The van der Waals surface area contributed by atoms with Crippen LogP contribution in [-0.4, -0.2) is 35.6 Å². The van der Waals surface area contributed by atoms with Gasteiger partial charge in [0.2, 0.25) is 0 Å². The van der Waals surface area contributed by atoms with Crippen molar-refractivity contribution in [1.82, 2.24) is 20.4 Å². The Labute approximate surface area is 148 Å². The van der Waals surface area contributed by atoms with Crippen molar-refractivity contribution < 1.29 is 0 Å². The van der Waals surface area contributed by atoms with E-state index in [1.54, 1.807) is 18.8 Å². The summed E-state index contributed by atoms with van der Waals surface area (Å²) in [5.41, 5.74) is 3.53. The van der Waals surface area contributed by atoms with Gasteiger partial charge in [0.05, 0.1) is 5.69 Å². The van der Waals surface area contributed by atoms with E-state index in [4.69, 9.17) is 0 Å². The number of guanidine groups is 1. The Morgan fingerprint density at radius 2 is 1.96 bits per heavy atom. The highest BCUT2D eigenvalue weighted by atomic mass is 32.2. The first-order chi connectivity index (χ1) is 11.6. The van der Waals surface area contributed by atoms with Crippen LogP contribution in [0.25, 0.3) is 0 Å². The van der Waals surface area contributed by atoms with E-state index in [1.165, 1.54) is 16.2 Å². The Hall–Kier alpha value is -1.95. The van der Waals surface area contributed by atoms with E-state index in [-0.39, 0.29) is 0 Å². The Bertz CT molecular complexity index is 661. The van der Waals surface area contributed by atoms with Crippen molar-refractivity contribution in [2.24, 2.45) is 4.99 Å². The van der Waals surface area contributed by atoms with Gasteiger partial charge in [0.15, 0.2) is 5.96 Å². The number of aromatic nitrogens is 2. The Kier molecular flexibility index (Phi) is 7.18. The number of aryl methyl sites for hydroxylation is 3. The van der Waals surface area contributed by atoms with E-state index in [9.17, 15) is 0 Å². The van der Waals surface area contributed by atoms with E-state index in [2.05, 4.69) is 68.9 Å². The van der Waals surface area contributed by atoms with Crippen LogP contribution in [0.5, 0.6) is 0 Å². The Morgan fingerprint density at radius 3 is 2.54 bits per heavy atom. The van der Waals surface area contributed by atoms with Crippen molar-refractivity contribution in [2.45, 2.75) is 38.3 Å². The quantitative estimate of drug-likeness (QED) is 0.351. The van der Waals surface area contributed by atoms with Crippen molar-refractivity contribution >= 4 is 17.7 Å². The fourth-order valence-corrected chi connectivity index (χ4v) is 2.89. The van der Waals surface area contributed by atoms with Crippen LogP contribution in [-0.2, 0) is 13.1 Å². The molecule has 2 aromatic rings. The lowest BCUT2D eigenvalue weighted by molar-refractivity contribution is 0.555. The highest BCUT2D eigenvalue weighted by Crippen LogP contribution is 2.14. The normalized spacial score (nSPS) is 11.6. The van der Waals surface area contributed by atoms with Gasteiger partial charge in [-0.1, -0.05) is 12.1 Å². The summed E-state index contributed by atoms with van der Waals surface area (Å²) >= 11 is 1.76. The molecule has 1 aromatic heterocycles. The van der Waals surface area contributed by atoms with Crippen LogP contribution < -0.4 is 10.6 Å². The predicted octanol–water partition coefficient (Wildman–Crippen LogP) is 2.98. The van der Waals surface area contributed by atoms with Gasteiger partial charge in [0.1, 0.15) is 0 Å². The van der Waals surface area contributed by atoms with Crippen LogP contribution in [0.4, 0.5) is 0 Å². The molecule has 2 N–H and O–H groups in total. The van der Waals surface area contributed by atoms with Gasteiger partial charge in [-0.05, 0) is 50.3 Å². The van der Waals surface area contributed by atoms with Crippen LogP contribution in [0.1, 0.15) is 23.4 Å². The van der Waals surface area contributed by atoms with Crippen LogP contribution in [0.3, 0.4) is 0 Å².